The molecule has 7 nitrogen and oxygen atoms in total. The molecule has 0 atom stereocenters. The highest BCUT2D eigenvalue weighted by Gasteiger charge is 2.11. The SMILES string of the molecule is O=C(Nc1cccc2cn[nH]c12)c1cn[nH]n1. The Balaban J connectivity index is 1.95. The molecule has 0 spiro atoms. The van der Waals surface area contributed by atoms with Gasteiger partial charge >= 0.3 is 0 Å². The molecule has 0 aliphatic heterocycles. The van der Waals surface area contributed by atoms with Crippen LogP contribution in [0.5, 0.6) is 0 Å². The summed E-state index contributed by atoms with van der Waals surface area (Å²) in [6, 6.07) is 5.54. The van der Waals surface area contributed by atoms with Crippen LogP contribution >= 0.6 is 0 Å². The van der Waals surface area contributed by atoms with Gasteiger partial charge in [0.2, 0.25) is 0 Å². The molecule has 3 rings (SSSR count). The Morgan fingerprint density at radius 2 is 2.18 bits per heavy atom. The molecule has 7 heteroatoms. The topological polar surface area (TPSA) is 99.4 Å². The van der Waals surface area contributed by atoms with Gasteiger partial charge in [0.15, 0.2) is 5.69 Å². The lowest BCUT2D eigenvalue weighted by atomic mass is 10.2. The molecule has 3 aromatic rings. The van der Waals surface area contributed by atoms with Crippen molar-refractivity contribution < 1.29 is 4.79 Å². The van der Waals surface area contributed by atoms with E-state index in [2.05, 4.69) is 30.9 Å². The molecule has 2 heterocycles. The number of nitrogens with zero attached hydrogens (tertiary/aromatic N) is 3. The van der Waals surface area contributed by atoms with Gasteiger partial charge in [-0.25, -0.2) is 0 Å². The van der Waals surface area contributed by atoms with Crippen molar-refractivity contribution in [3.05, 3.63) is 36.3 Å². The predicted octanol–water partition coefficient (Wildman–Crippen LogP) is 0.933. The van der Waals surface area contributed by atoms with E-state index in [1.165, 1.54) is 6.20 Å². The summed E-state index contributed by atoms with van der Waals surface area (Å²) in [5, 5.41) is 20.1. The van der Waals surface area contributed by atoms with Crippen LogP contribution < -0.4 is 5.32 Å². The van der Waals surface area contributed by atoms with Crippen molar-refractivity contribution in [3.63, 3.8) is 0 Å². The number of aromatic nitrogens is 5. The Hall–Kier alpha value is -2.70. The molecular weight excluding hydrogens is 220 g/mol. The third kappa shape index (κ3) is 1.63. The van der Waals surface area contributed by atoms with Crippen molar-refractivity contribution in [3.8, 4) is 0 Å². The smallest absolute Gasteiger partial charge is 0.277 e. The zero-order valence-electron chi connectivity index (χ0n) is 8.64. The zero-order chi connectivity index (χ0) is 11.7. The number of anilines is 1. The van der Waals surface area contributed by atoms with Crippen LogP contribution in [0.4, 0.5) is 5.69 Å². The monoisotopic (exact) mass is 228 g/mol. The minimum Gasteiger partial charge on any atom is -0.319 e. The molecule has 0 fully saturated rings. The third-order valence-corrected chi connectivity index (χ3v) is 2.37. The van der Waals surface area contributed by atoms with Crippen molar-refractivity contribution in [1.82, 2.24) is 25.6 Å². The van der Waals surface area contributed by atoms with Crippen LogP contribution in [-0.2, 0) is 0 Å². The second-order valence-corrected chi connectivity index (χ2v) is 3.45. The van der Waals surface area contributed by atoms with Gasteiger partial charge in [0.25, 0.3) is 5.91 Å². The summed E-state index contributed by atoms with van der Waals surface area (Å²) in [5.74, 6) is -0.319. The third-order valence-electron chi connectivity index (χ3n) is 2.37. The van der Waals surface area contributed by atoms with Gasteiger partial charge in [-0.1, -0.05) is 12.1 Å². The fraction of sp³-hybridized carbons (Fsp3) is 0. The van der Waals surface area contributed by atoms with Crippen molar-refractivity contribution in [1.29, 1.82) is 0 Å². The van der Waals surface area contributed by atoms with Gasteiger partial charge in [-0.05, 0) is 6.07 Å². The molecule has 0 aliphatic rings. The molecule has 0 unspecified atom stereocenters. The summed E-state index contributed by atoms with van der Waals surface area (Å²) in [6.07, 6.45) is 3.06. The minimum absolute atomic E-state index is 0.238. The van der Waals surface area contributed by atoms with Crippen LogP contribution in [0.3, 0.4) is 0 Å². The number of amides is 1. The second-order valence-electron chi connectivity index (χ2n) is 3.45. The van der Waals surface area contributed by atoms with Gasteiger partial charge < -0.3 is 5.32 Å². The summed E-state index contributed by atoms with van der Waals surface area (Å²) < 4.78 is 0. The van der Waals surface area contributed by atoms with E-state index in [-0.39, 0.29) is 11.6 Å². The number of benzene rings is 1. The largest absolute Gasteiger partial charge is 0.319 e. The summed E-state index contributed by atoms with van der Waals surface area (Å²) >= 11 is 0. The van der Waals surface area contributed by atoms with Crippen LogP contribution in [0.25, 0.3) is 10.9 Å². The molecule has 0 aliphatic carbocycles. The average molecular weight is 228 g/mol. The van der Waals surface area contributed by atoms with E-state index >= 15 is 0 Å². The van der Waals surface area contributed by atoms with Crippen molar-refractivity contribution in [2.75, 3.05) is 5.32 Å². The normalized spacial score (nSPS) is 10.6. The van der Waals surface area contributed by atoms with Gasteiger partial charge in [0.05, 0.1) is 23.6 Å². The first-order chi connectivity index (χ1) is 8.34. The molecule has 0 bridgehead atoms. The number of para-hydroxylation sites is 1. The fourth-order valence-corrected chi connectivity index (χ4v) is 1.57. The van der Waals surface area contributed by atoms with E-state index in [0.717, 1.165) is 10.9 Å². The van der Waals surface area contributed by atoms with E-state index in [9.17, 15) is 4.79 Å². The lowest BCUT2D eigenvalue weighted by Gasteiger charge is -2.03. The van der Waals surface area contributed by atoms with Gasteiger partial charge in [-0.2, -0.15) is 20.5 Å². The van der Waals surface area contributed by atoms with Crippen LogP contribution in [0.2, 0.25) is 0 Å². The standard InChI is InChI=1S/C10H8N6O/c17-10(8-5-12-16-14-8)13-7-3-1-2-6-4-11-15-9(6)7/h1-5H,(H,11,15)(H,13,17)(H,12,14,16). The van der Waals surface area contributed by atoms with Crippen LogP contribution in [-0.4, -0.2) is 31.5 Å². The summed E-state index contributed by atoms with van der Waals surface area (Å²) in [5.41, 5.74) is 1.68. The van der Waals surface area contributed by atoms with E-state index in [4.69, 9.17) is 0 Å². The number of hydrogen-bond donors (Lipinski definition) is 3. The molecule has 17 heavy (non-hydrogen) atoms. The number of aromatic amines is 2. The maximum absolute atomic E-state index is 11.8. The van der Waals surface area contributed by atoms with E-state index in [0.29, 0.717) is 5.69 Å². The van der Waals surface area contributed by atoms with Crippen molar-refractivity contribution >= 4 is 22.5 Å². The van der Waals surface area contributed by atoms with Gasteiger partial charge in [0, 0.05) is 5.39 Å². The zero-order valence-corrected chi connectivity index (χ0v) is 8.64. The Bertz CT molecular complexity index is 656. The first-order valence-electron chi connectivity index (χ1n) is 4.94. The Kier molecular flexibility index (Phi) is 2.08. The molecule has 0 saturated carbocycles. The lowest BCUT2D eigenvalue weighted by molar-refractivity contribution is 0.102. The minimum atomic E-state index is -0.319. The van der Waals surface area contributed by atoms with Crippen molar-refractivity contribution in [2.45, 2.75) is 0 Å². The highest BCUT2D eigenvalue weighted by Crippen LogP contribution is 2.20. The van der Waals surface area contributed by atoms with Crippen molar-refractivity contribution in [2.24, 2.45) is 0 Å². The maximum atomic E-state index is 11.8. The number of carbonyl (C=O) groups excluding carboxylic acids is 1. The highest BCUT2D eigenvalue weighted by molar-refractivity contribution is 6.07. The molecule has 3 N–H and O–H groups in total. The summed E-state index contributed by atoms with van der Waals surface area (Å²) in [6.45, 7) is 0. The number of nitrogens with one attached hydrogen (secondary N) is 3. The fourth-order valence-electron chi connectivity index (χ4n) is 1.57. The molecule has 2 aromatic heterocycles. The molecule has 1 aromatic carbocycles. The van der Waals surface area contributed by atoms with Gasteiger partial charge in [0.1, 0.15) is 0 Å². The molecule has 1 amide bonds. The quantitative estimate of drug-likeness (QED) is 0.607. The first-order valence-corrected chi connectivity index (χ1v) is 4.94. The first kappa shape index (κ1) is 9.52. The van der Waals surface area contributed by atoms with E-state index in [1.807, 2.05) is 12.1 Å². The number of rotatable bonds is 2. The van der Waals surface area contributed by atoms with Gasteiger partial charge in [-0.15, -0.1) is 0 Å². The number of fused-ring (bicyclic) bond motifs is 1. The predicted molar refractivity (Wildman–Crippen MR) is 60.4 cm³/mol. The number of H-pyrrole nitrogens is 2. The number of carbonyl (C=O) groups is 1. The number of hydrogen-bond acceptors (Lipinski definition) is 4. The maximum Gasteiger partial charge on any atom is 0.277 e. The van der Waals surface area contributed by atoms with E-state index < -0.39 is 0 Å². The van der Waals surface area contributed by atoms with Crippen LogP contribution in [0, 0.1) is 0 Å². The summed E-state index contributed by atoms with van der Waals surface area (Å²) in [7, 11) is 0. The molecule has 0 saturated heterocycles. The van der Waals surface area contributed by atoms with Gasteiger partial charge in [-0.3, -0.25) is 9.89 Å². The second kappa shape index (κ2) is 3.71. The molecule has 0 radical (unpaired) electrons. The Morgan fingerprint density at radius 3 is 3.00 bits per heavy atom. The van der Waals surface area contributed by atoms with Crippen LogP contribution in [0.15, 0.2) is 30.6 Å². The summed E-state index contributed by atoms with van der Waals surface area (Å²) in [4.78, 5) is 11.8. The average Bonchev–Trinajstić information content (AvgIpc) is 3.00. The van der Waals surface area contributed by atoms with Crippen LogP contribution in [0.1, 0.15) is 10.5 Å². The molecular formula is C10H8N6O. The highest BCUT2D eigenvalue weighted by atomic mass is 16.2. The Labute approximate surface area is 95.2 Å². The lowest BCUT2D eigenvalue weighted by Crippen LogP contribution is -2.12. The molecule has 84 valence electrons. The van der Waals surface area contributed by atoms with E-state index in [1.54, 1.807) is 12.3 Å². The Morgan fingerprint density at radius 1 is 1.24 bits per heavy atom.